The van der Waals surface area contributed by atoms with Crippen LogP contribution in [0.4, 0.5) is 0 Å². The minimum atomic E-state index is -1.91. The van der Waals surface area contributed by atoms with Crippen LogP contribution < -0.4 is 0 Å². The molecule has 4 aromatic rings. The number of hydrogen-bond donors (Lipinski definition) is 14. The van der Waals surface area contributed by atoms with Crippen molar-refractivity contribution in [1.82, 2.24) is 0 Å². The molecule has 2 saturated heterocycles. The Kier molecular flexibility index (Phi) is 10.6. The van der Waals surface area contributed by atoms with Crippen molar-refractivity contribution in [2.45, 2.75) is 72.9 Å². The van der Waals surface area contributed by atoms with Gasteiger partial charge in [0, 0.05) is 17.4 Å². The summed E-state index contributed by atoms with van der Waals surface area (Å²) in [5.74, 6) is -4.60. The second-order valence-electron chi connectivity index (χ2n) is 14.3. The number of fused-ring (bicyclic) bond motifs is 1. The third-order valence-corrected chi connectivity index (χ3v) is 11.0. The maximum absolute atomic E-state index is 12.3. The fraction of sp³-hybridized carbons (Fsp3) is 0.350. The minimum absolute atomic E-state index is 0.0168. The molecule has 2 aliphatic heterocycles. The first kappa shape index (κ1) is 39.3. The van der Waals surface area contributed by atoms with E-state index < -0.39 is 115 Å². The first-order chi connectivity index (χ1) is 26.7. The zero-order valence-electron chi connectivity index (χ0n) is 29.3. The molecular weight excluding hydrogens is 736 g/mol. The predicted molar refractivity (Wildman–Crippen MR) is 194 cm³/mol. The van der Waals surface area contributed by atoms with Crippen LogP contribution >= 0.6 is 0 Å². The van der Waals surface area contributed by atoms with Crippen LogP contribution in [-0.4, -0.2) is 134 Å². The molecule has 3 aliphatic rings. The summed E-state index contributed by atoms with van der Waals surface area (Å²) in [6, 6.07) is 15.8. The summed E-state index contributed by atoms with van der Waals surface area (Å²) in [6.07, 6.45) is -15.3. The Balaban J connectivity index is 1.47. The highest BCUT2D eigenvalue weighted by Crippen LogP contribution is 2.61. The summed E-state index contributed by atoms with van der Waals surface area (Å²) in [7, 11) is 0. The highest BCUT2D eigenvalue weighted by atomic mass is 16.6. The number of rotatable bonds is 7. The van der Waals surface area contributed by atoms with Gasteiger partial charge in [-0.3, -0.25) is 0 Å². The van der Waals surface area contributed by atoms with Gasteiger partial charge in [0.25, 0.3) is 0 Å². The van der Waals surface area contributed by atoms with Crippen molar-refractivity contribution in [2.24, 2.45) is 0 Å². The SMILES string of the molecule is OC[C@H]1OC(c2c(O)cc([C@H]3c4c(cc(O)c(C5O[C@H](CO)[C@@H](O)[C@H](O)[C@H]5O)c4O)/C(=C/c4ccc(O)cc4)[C@@H]3c3ccc(O)cc3)cc2O)[C@H](O)[C@@H](O)[C@@H]1O. The first-order valence-corrected chi connectivity index (χ1v) is 17.7. The van der Waals surface area contributed by atoms with Gasteiger partial charge in [-0.15, -0.1) is 0 Å². The van der Waals surface area contributed by atoms with Gasteiger partial charge in [-0.2, -0.15) is 0 Å². The molecule has 1 aliphatic carbocycles. The van der Waals surface area contributed by atoms with Gasteiger partial charge in [-0.25, -0.2) is 0 Å². The average molecular weight is 779 g/mol. The van der Waals surface area contributed by atoms with E-state index in [0.717, 1.165) is 0 Å². The van der Waals surface area contributed by atoms with Crippen LogP contribution in [0.3, 0.4) is 0 Å². The summed E-state index contributed by atoms with van der Waals surface area (Å²) < 4.78 is 11.3. The summed E-state index contributed by atoms with van der Waals surface area (Å²) in [4.78, 5) is 0. The van der Waals surface area contributed by atoms with E-state index in [2.05, 4.69) is 0 Å². The highest BCUT2D eigenvalue weighted by Gasteiger charge is 2.50. The molecule has 0 radical (unpaired) electrons. The van der Waals surface area contributed by atoms with E-state index in [4.69, 9.17) is 9.47 Å². The van der Waals surface area contributed by atoms with Crippen LogP contribution in [-0.2, 0) is 9.47 Å². The van der Waals surface area contributed by atoms with Crippen molar-refractivity contribution >= 4 is 11.6 Å². The molecule has 56 heavy (non-hydrogen) atoms. The fourth-order valence-corrected chi connectivity index (χ4v) is 8.16. The molecule has 16 heteroatoms. The van der Waals surface area contributed by atoms with Crippen LogP contribution in [0.25, 0.3) is 11.6 Å². The number of aromatic hydroxyl groups is 6. The molecule has 0 saturated carbocycles. The zero-order valence-corrected chi connectivity index (χ0v) is 29.3. The number of aliphatic hydroxyl groups is 8. The lowest BCUT2D eigenvalue weighted by molar-refractivity contribution is -0.232. The van der Waals surface area contributed by atoms with Crippen molar-refractivity contribution in [2.75, 3.05) is 13.2 Å². The minimum Gasteiger partial charge on any atom is -0.508 e. The van der Waals surface area contributed by atoms with Gasteiger partial charge in [0.2, 0.25) is 0 Å². The number of phenolic OH excluding ortho intramolecular Hbond substituents is 6. The third-order valence-electron chi connectivity index (χ3n) is 11.0. The van der Waals surface area contributed by atoms with E-state index in [1.165, 1.54) is 42.5 Å². The molecule has 0 bridgehead atoms. The molecule has 0 aromatic heterocycles. The van der Waals surface area contributed by atoms with Gasteiger partial charge in [0.05, 0.1) is 24.3 Å². The quantitative estimate of drug-likeness (QED) is 0.121. The van der Waals surface area contributed by atoms with Gasteiger partial charge in [0.15, 0.2) is 0 Å². The Morgan fingerprint density at radius 2 is 0.946 bits per heavy atom. The molecule has 7 rings (SSSR count). The molecule has 2 heterocycles. The van der Waals surface area contributed by atoms with E-state index in [1.54, 1.807) is 30.3 Å². The molecule has 0 amide bonds. The van der Waals surface area contributed by atoms with Crippen molar-refractivity contribution < 1.29 is 81.0 Å². The van der Waals surface area contributed by atoms with E-state index in [9.17, 15) is 71.5 Å². The monoisotopic (exact) mass is 778 g/mol. The maximum Gasteiger partial charge on any atom is 0.129 e. The molecule has 2 unspecified atom stereocenters. The Morgan fingerprint density at radius 3 is 1.45 bits per heavy atom. The largest absolute Gasteiger partial charge is 0.508 e. The number of hydrogen-bond acceptors (Lipinski definition) is 16. The molecule has 0 spiro atoms. The topological polar surface area (TPSA) is 302 Å². The lowest BCUT2D eigenvalue weighted by Gasteiger charge is -2.40. The highest BCUT2D eigenvalue weighted by molar-refractivity contribution is 5.93. The first-order valence-electron chi connectivity index (χ1n) is 17.7. The van der Waals surface area contributed by atoms with Gasteiger partial charge < -0.3 is 81.0 Å². The average Bonchev–Trinajstić information content (AvgIpc) is 3.48. The van der Waals surface area contributed by atoms with E-state index in [1.807, 2.05) is 0 Å². The molecular formula is C40H42O16. The molecule has 12 atom stereocenters. The molecule has 4 aromatic carbocycles. The maximum atomic E-state index is 12.3. The standard InChI is InChI=1S/C40H42O16/c41-13-25-32(48)35(51)37(53)39(55-25)30-22(45)10-17(11-23(30)46)28-27(16-3-7-19(44)8-4-16)20(9-15-1-5-18(43)6-2-15)21-12-24(47)31(34(50)29(21)28)40-38(54)36(52)33(49)26(14-42)56-40/h1-12,25-28,32-33,35-54H,13-14H2/b20-9-/t25-,26-,27+,28-,32-,33-,35+,36+,37-,38-,39?,40?/m1/s1. The van der Waals surface area contributed by atoms with Crippen molar-refractivity contribution in [3.63, 3.8) is 0 Å². The summed E-state index contributed by atoms with van der Waals surface area (Å²) in [5.41, 5.74) is 1.17. The number of phenols is 6. The van der Waals surface area contributed by atoms with Crippen molar-refractivity contribution in [3.05, 3.63) is 106 Å². The molecule has 14 N–H and O–H groups in total. The van der Waals surface area contributed by atoms with Gasteiger partial charge in [-0.05, 0) is 70.3 Å². The van der Waals surface area contributed by atoms with Gasteiger partial charge in [-0.1, -0.05) is 30.3 Å². The van der Waals surface area contributed by atoms with E-state index >= 15 is 0 Å². The predicted octanol–water partition coefficient (Wildman–Crippen LogP) is 0.420. The molecule has 16 nitrogen and oxygen atoms in total. The Bertz CT molecular complexity index is 2080. The number of allylic oxidation sites excluding steroid dienone is 1. The van der Waals surface area contributed by atoms with E-state index in [-0.39, 0.29) is 33.8 Å². The molecule has 2 fully saturated rings. The molecule has 298 valence electrons. The lowest BCUT2D eigenvalue weighted by atomic mass is 9.78. The Morgan fingerprint density at radius 1 is 0.482 bits per heavy atom. The van der Waals surface area contributed by atoms with Gasteiger partial charge >= 0.3 is 0 Å². The second kappa shape index (κ2) is 15.2. The smallest absolute Gasteiger partial charge is 0.129 e. The summed E-state index contributed by atoms with van der Waals surface area (Å²) in [5, 5.41) is 150. The second-order valence-corrected chi connectivity index (χ2v) is 14.3. The Labute approximate surface area is 318 Å². The number of aliphatic hydroxyl groups excluding tert-OH is 8. The lowest BCUT2D eigenvalue weighted by Crippen LogP contribution is -2.55. The van der Waals surface area contributed by atoms with Crippen LogP contribution in [0.5, 0.6) is 34.5 Å². The number of benzene rings is 4. The van der Waals surface area contributed by atoms with Crippen LogP contribution in [0.1, 0.15) is 63.0 Å². The Hall–Kier alpha value is -4.98. The number of ether oxygens (including phenoxy) is 2. The summed E-state index contributed by atoms with van der Waals surface area (Å²) >= 11 is 0. The van der Waals surface area contributed by atoms with E-state index in [0.29, 0.717) is 16.7 Å². The van der Waals surface area contributed by atoms with Crippen molar-refractivity contribution in [3.8, 4) is 34.5 Å². The zero-order chi connectivity index (χ0) is 40.3. The third kappa shape index (κ3) is 6.58. The van der Waals surface area contributed by atoms with Crippen LogP contribution in [0.2, 0.25) is 0 Å². The fourth-order valence-electron chi connectivity index (χ4n) is 8.16. The summed E-state index contributed by atoms with van der Waals surface area (Å²) in [6.45, 7) is -1.56. The van der Waals surface area contributed by atoms with Crippen LogP contribution in [0.15, 0.2) is 66.7 Å². The van der Waals surface area contributed by atoms with Gasteiger partial charge in [0.1, 0.15) is 95.5 Å². The normalized spacial score (nSPS) is 32.4. The van der Waals surface area contributed by atoms with Crippen molar-refractivity contribution in [1.29, 1.82) is 0 Å². The van der Waals surface area contributed by atoms with Crippen LogP contribution in [0, 0.1) is 0 Å².